The van der Waals surface area contributed by atoms with Crippen LogP contribution >= 0.6 is 15.9 Å². The molecule has 0 aliphatic carbocycles. The van der Waals surface area contributed by atoms with Gasteiger partial charge < -0.3 is 4.74 Å². The van der Waals surface area contributed by atoms with Gasteiger partial charge in [-0.2, -0.15) is 13.2 Å². The highest BCUT2D eigenvalue weighted by molar-refractivity contribution is 9.09. The summed E-state index contributed by atoms with van der Waals surface area (Å²) >= 11 is 3.09. The van der Waals surface area contributed by atoms with Gasteiger partial charge in [-0.1, -0.05) is 22.0 Å². The molecule has 0 fully saturated rings. The van der Waals surface area contributed by atoms with Crippen LogP contribution < -0.4 is 0 Å². The molecule has 6 heteroatoms. The maximum Gasteiger partial charge on any atom is 0.416 e. The van der Waals surface area contributed by atoms with E-state index in [1.54, 1.807) is 6.92 Å². The van der Waals surface area contributed by atoms with Gasteiger partial charge in [-0.15, -0.1) is 0 Å². The van der Waals surface area contributed by atoms with Gasteiger partial charge in [0, 0.05) is 4.83 Å². The first-order valence-corrected chi connectivity index (χ1v) is 5.62. The Hall–Kier alpha value is -1.04. The van der Waals surface area contributed by atoms with Gasteiger partial charge in [0.15, 0.2) is 0 Å². The van der Waals surface area contributed by atoms with Gasteiger partial charge >= 0.3 is 12.1 Å². The number of ether oxygens (including phenoxy) is 1. The van der Waals surface area contributed by atoms with Gasteiger partial charge in [0.1, 0.15) is 0 Å². The average molecular weight is 311 g/mol. The summed E-state index contributed by atoms with van der Waals surface area (Å²) in [6.07, 6.45) is -4.50. The third kappa shape index (κ3) is 3.21. The molecule has 1 aromatic carbocycles. The molecular weight excluding hydrogens is 301 g/mol. The first kappa shape index (κ1) is 14.0. The first-order chi connectivity index (χ1) is 7.77. The number of alkyl halides is 4. The molecule has 2 nitrogen and oxygen atoms in total. The van der Waals surface area contributed by atoms with Crippen molar-refractivity contribution in [3.05, 3.63) is 34.9 Å². The van der Waals surface area contributed by atoms with E-state index in [1.165, 1.54) is 12.1 Å². The molecule has 0 N–H and O–H groups in total. The second kappa shape index (κ2) is 5.08. The SMILES string of the molecule is COC(=O)c1ccc(C(C)Br)c(C(F)(F)F)c1. The summed E-state index contributed by atoms with van der Waals surface area (Å²) in [5.74, 6) is -0.788. The Morgan fingerprint density at radius 1 is 1.41 bits per heavy atom. The Morgan fingerprint density at radius 3 is 2.41 bits per heavy atom. The molecule has 0 saturated heterocycles. The predicted molar refractivity (Wildman–Crippen MR) is 60.1 cm³/mol. The van der Waals surface area contributed by atoms with E-state index in [0.717, 1.165) is 13.2 Å². The fourth-order valence-corrected chi connectivity index (χ4v) is 1.79. The predicted octanol–water partition coefficient (Wildman–Crippen LogP) is 3.95. The standard InChI is InChI=1S/C11H10BrF3O2/c1-6(12)8-4-3-7(10(16)17-2)5-9(8)11(13,14)15/h3-6H,1-2H3. The number of halogens is 4. The Balaban J connectivity index is 3.35. The molecule has 94 valence electrons. The highest BCUT2D eigenvalue weighted by Crippen LogP contribution is 2.37. The fourth-order valence-electron chi connectivity index (χ4n) is 1.39. The summed E-state index contributed by atoms with van der Waals surface area (Å²) in [6, 6.07) is 3.39. The topological polar surface area (TPSA) is 26.3 Å². The molecule has 0 aliphatic rings. The lowest BCUT2D eigenvalue weighted by Crippen LogP contribution is -2.12. The summed E-state index contributed by atoms with van der Waals surface area (Å²) in [5.41, 5.74) is -0.855. The summed E-state index contributed by atoms with van der Waals surface area (Å²) in [5, 5.41) is 0. The van der Waals surface area contributed by atoms with Crippen LogP contribution in [0.25, 0.3) is 0 Å². The van der Waals surface area contributed by atoms with Crippen molar-refractivity contribution in [2.75, 3.05) is 7.11 Å². The van der Waals surface area contributed by atoms with Crippen LogP contribution in [0, 0.1) is 0 Å². The Morgan fingerprint density at radius 2 is 2.00 bits per heavy atom. The third-order valence-electron chi connectivity index (χ3n) is 2.21. The van der Waals surface area contributed by atoms with Crippen molar-refractivity contribution in [2.24, 2.45) is 0 Å². The summed E-state index contributed by atoms with van der Waals surface area (Å²) in [6.45, 7) is 1.59. The molecular formula is C11H10BrF3O2. The molecule has 0 heterocycles. The summed E-state index contributed by atoms with van der Waals surface area (Å²) in [4.78, 5) is 10.7. The monoisotopic (exact) mass is 310 g/mol. The van der Waals surface area contributed by atoms with E-state index >= 15 is 0 Å². The highest BCUT2D eigenvalue weighted by Gasteiger charge is 2.35. The van der Waals surface area contributed by atoms with Crippen molar-refractivity contribution >= 4 is 21.9 Å². The van der Waals surface area contributed by atoms with Crippen LogP contribution in [0.15, 0.2) is 18.2 Å². The molecule has 0 saturated carbocycles. The lowest BCUT2D eigenvalue weighted by atomic mass is 10.0. The zero-order chi connectivity index (χ0) is 13.2. The number of hydrogen-bond donors (Lipinski definition) is 0. The van der Waals surface area contributed by atoms with Crippen LogP contribution in [0.3, 0.4) is 0 Å². The number of esters is 1. The second-order valence-electron chi connectivity index (χ2n) is 3.41. The molecule has 1 atom stereocenters. The minimum Gasteiger partial charge on any atom is -0.465 e. The van der Waals surface area contributed by atoms with Crippen molar-refractivity contribution in [1.82, 2.24) is 0 Å². The van der Waals surface area contributed by atoms with Crippen molar-refractivity contribution in [1.29, 1.82) is 0 Å². The van der Waals surface area contributed by atoms with E-state index in [0.29, 0.717) is 0 Å². The van der Waals surface area contributed by atoms with Gasteiger partial charge in [-0.3, -0.25) is 0 Å². The van der Waals surface area contributed by atoms with Crippen molar-refractivity contribution < 1.29 is 22.7 Å². The number of methoxy groups -OCH3 is 1. The van der Waals surface area contributed by atoms with E-state index < -0.39 is 22.5 Å². The van der Waals surface area contributed by atoms with Crippen LogP contribution in [0.4, 0.5) is 13.2 Å². The van der Waals surface area contributed by atoms with Crippen molar-refractivity contribution in [3.63, 3.8) is 0 Å². The third-order valence-corrected chi connectivity index (χ3v) is 2.70. The summed E-state index contributed by atoms with van der Waals surface area (Å²) in [7, 11) is 1.12. The fraction of sp³-hybridized carbons (Fsp3) is 0.364. The Kier molecular flexibility index (Phi) is 4.19. The van der Waals surface area contributed by atoms with E-state index in [2.05, 4.69) is 20.7 Å². The van der Waals surface area contributed by atoms with E-state index in [4.69, 9.17) is 0 Å². The van der Waals surface area contributed by atoms with Crippen molar-refractivity contribution in [3.8, 4) is 0 Å². The van der Waals surface area contributed by atoms with Crippen LogP contribution in [0.5, 0.6) is 0 Å². The molecule has 0 radical (unpaired) electrons. The zero-order valence-corrected chi connectivity index (χ0v) is 10.7. The Bertz CT molecular complexity index is 427. The largest absolute Gasteiger partial charge is 0.465 e. The van der Waals surface area contributed by atoms with Gasteiger partial charge in [-0.05, 0) is 24.6 Å². The van der Waals surface area contributed by atoms with Gasteiger partial charge in [0.25, 0.3) is 0 Å². The number of rotatable bonds is 2. The highest BCUT2D eigenvalue weighted by atomic mass is 79.9. The van der Waals surface area contributed by atoms with Crippen molar-refractivity contribution in [2.45, 2.75) is 17.9 Å². The normalized spacial score (nSPS) is 13.3. The molecule has 1 rings (SSSR count). The average Bonchev–Trinajstić information content (AvgIpc) is 2.25. The lowest BCUT2D eigenvalue weighted by Gasteiger charge is -2.15. The van der Waals surface area contributed by atoms with Crippen LogP contribution in [-0.4, -0.2) is 13.1 Å². The van der Waals surface area contributed by atoms with E-state index in [9.17, 15) is 18.0 Å². The molecule has 0 aromatic heterocycles. The molecule has 1 unspecified atom stereocenters. The molecule has 0 amide bonds. The summed E-state index contributed by atoms with van der Waals surface area (Å²) < 4.78 is 42.7. The minimum atomic E-state index is -4.50. The molecule has 1 aromatic rings. The van der Waals surface area contributed by atoms with Crippen LogP contribution in [0.2, 0.25) is 0 Å². The van der Waals surface area contributed by atoms with Gasteiger partial charge in [0.05, 0.1) is 18.2 Å². The first-order valence-electron chi connectivity index (χ1n) is 4.71. The molecule has 0 aliphatic heterocycles. The number of carbonyl (C=O) groups excluding carboxylic acids is 1. The zero-order valence-electron chi connectivity index (χ0n) is 9.14. The number of benzene rings is 1. The Labute approximate surface area is 105 Å². The van der Waals surface area contributed by atoms with E-state index in [1.807, 2.05) is 0 Å². The van der Waals surface area contributed by atoms with Crippen LogP contribution in [0.1, 0.15) is 33.2 Å². The minimum absolute atomic E-state index is 0.0881. The quantitative estimate of drug-likeness (QED) is 0.611. The molecule has 0 bridgehead atoms. The van der Waals surface area contributed by atoms with Gasteiger partial charge in [-0.25, -0.2) is 4.79 Å². The molecule has 17 heavy (non-hydrogen) atoms. The smallest absolute Gasteiger partial charge is 0.416 e. The second-order valence-corrected chi connectivity index (χ2v) is 4.78. The van der Waals surface area contributed by atoms with E-state index in [-0.39, 0.29) is 11.1 Å². The maximum absolute atomic E-state index is 12.8. The number of hydrogen-bond acceptors (Lipinski definition) is 2. The van der Waals surface area contributed by atoms with Crippen LogP contribution in [-0.2, 0) is 10.9 Å². The van der Waals surface area contributed by atoms with Gasteiger partial charge in [0.2, 0.25) is 0 Å². The molecule has 0 spiro atoms. The number of carbonyl (C=O) groups is 1. The lowest BCUT2D eigenvalue weighted by molar-refractivity contribution is -0.138. The maximum atomic E-state index is 12.8.